The van der Waals surface area contributed by atoms with Gasteiger partial charge in [0, 0.05) is 12.3 Å². The highest BCUT2D eigenvalue weighted by molar-refractivity contribution is 7.98. The third kappa shape index (κ3) is 2.88. The van der Waals surface area contributed by atoms with E-state index in [1.165, 1.54) is 16.9 Å². The van der Waals surface area contributed by atoms with Crippen molar-refractivity contribution < 1.29 is 0 Å². The fraction of sp³-hybridized carbons (Fsp3) is 0.400. The lowest BCUT2D eigenvalue weighted by molar-refractivity contribution is 1.06. The molecule has 0 aliphatic rings. The van der Waals surface area contributed by atoms with Gasteiger partial charge in [-0.2, -0.15) is 11.8 Å². The average molecular weight is 181 g/mol. The van der Waals surface area contributed by atoms with Crippen LogP contribution in [-0.2, 0) is 12.3 Å². The van der Waals surface area contributed by atoms with Gasteiger partial charge in [-0.1, -0.05) is 31.2 Å². The van der Waals surface area contributed by atoms with Crippen LogP contribution in [0.5, 0.6) is 0 Å². The van der Waals surface area contributed by atoms with Crippen molar-refractivity contribution in [1.29, 1.82) is 0 Å². The molecule has 1 aromatic carbocycles. The Bertz CT molecular complexity index is 235. The summed E-state index contributed by atoms with van der Waals surface area (Å²) in [6.07, 6.45) is 0. The Balaban J connectivity index is 2.60. The molecular weight excluding hydrogens is 166 g/mol. The number of thioether (sulfide) groups is 1. The summed E-state index contributed by atoms with van der Waals surface area (Å²) >= 11 is 1.94. The minimum atomic E-state index is 0.643. The van der Waals surface area contributed by atoms with Crippen LogP contribution in [0.4, 0.5) is 0 Å². The third-order valence-corrected chi connectivity index (χ3v) is 2.65. The van der Waals surface area contributed by atoms with E-state index >= 15 is 0 Å². The summed E-state index contributed by atoms with van der Waals surface area (Å²) in [5, 5.41) is 0. The van der Waals surface area contributed by atoms with Crippen LogP contribution in [-0.4, -0.2) is 5.75 Å². The molecule has 0 bridgehead atoms. The average Bonchev–Trinajstić information content (AvgIpc) is 2.15. The first-order chi connectivity index (χ1) is 5.86. The van der Waals surface area contributed by atoms with Gasteiger partial charge in [-0.15, -0.1) is 0 Å². The molecule has 0 fully saturated rings. The van der Waals surface area contributed by atoms with Crippen molar-refractivity contribution in [2.45, 2.75) is 19.2 Å². The molecular formula is C10H15NS. The predicted molar refractivity (Wildman–Crippen MR) is 56.2 cm³/mol. The van der Waals surface area contributed by atoms with Crippen molar-refractivity contribution in [3.8, 4) is 0 Å². The van der Waals surface area contributed by atoms with E-state index in [0.717, 1.165) is 5.75 Å². The van der Waals surface area contributed by atoms with Gasteiger partial charge in [0.25, 0.3) is 0 Å². The maximum absolute atomic E-state index is 5.54. The van der Waals surface area contributed by atoms with Crippen LogP contribution in [0, 0.1) is 0 Å². The van der Waals surface area contributed by atoms with Crippen molar-refractivity contribution >= 4 is 11.8 Å². The lowest BCUT2D eigenvalue weighted by Crippen LogP contribution is -1.96. The van der Waals surface area contributed by atoms with Gasteiger partial charge in [0.1, 0.15) is 0 Å². The Morgan fingerprint density at radius 2 is 2.08 bits per heavy atom. The molecule has 1 nitrogen and oxygen atoms in total. The van der Waals surface area contributed by atoms with E-state index in [2.05, 4.69) is 31.2 Å². The summed E-state index contributed by atoms with van der Waals surface area (Å²) < 4.78 is 0. The normalized spacial score (nSPS) is 10.2. The van der Waals surface area contributed by atoms with Crippen molar-refractivity contribution in [1.82, 2.24) is 0 Å². The van der Waals surface area contributed by atoms with Crippen LogP contribution in [0.15, 0.2) is 24.3 Å². The van der Waals surface area contributed by atoms with E-state index in [4.69, 9.17) is 5.73 Å². The van der Waals surface area contributed by atoms with Crippen molar-refractivity contribution in [2.75, 3.05) is 5.75 Å². The van der Waals surface area contributed by atoms with Gasteiger partial charge in [0.15, 0.2) is 0 Å². The van der Waals surface area contributed by atoms with E-state index in [1.54, 1.807) is 0 Å². The molecule has 2 N–H and O–H groups in total. The van der Waals surface area contributed by atoms with Gasteiger partial charge in [-0.3, -0.25) is 0 Å². The van der Waals surface area contributed by atoms with Crippen molar-refractivity contribution in [3.63, 3.8) is 0 Å². The van der Waals surface area contributed by atoms with Gasteiger partial charge in [0.2, 0.25) is 0 Å². The van der Waals surface area contributed by atoms with Gasteiger partial charge in [-0.25, -0.2) is 0 Å². The minimum Gasteiger partial charge on any atom is -0.326 e. The predicted octanol–water partition coefficient (Wildman–Crippen LogP) is 2.40. The maximum atomic E-state index is 5.54. The molecule has 1 rings (SSSR count). The smallest absolute Gasteiger partial charge is 0.0184 e. The highest BCUT2D eigenvalue weighted by Gasteiger charge is 1.93. The van der Waals surface area contributed by atoms with Crippen LogP contribution in [0.25, 0.3) is 0 Å². The van der Waals surface area contributed by atoms with Crippen LogP contribution in [0.2, 0.25) is 0 Å². The molecule has 2 heteroatoms. The molecule has 0 aromatic heterocycles. The first-order valence-corrected chi connectivity index (χ1v) is 5.38. The third-order valence-electron chi connectivity index (χ3n) is 1.70. The summed E-state index contributed by atoms with van der Waals surface area (Å²) in [6, 6.07) is 8.48. The SMILES string of the molecule is CCSCc1cccc(CN)c1. The highest BCUT2D eigenvalue weighted by atomic mass is 32.2. The number of hydrogen-bond donors (Lipinski definition) is 1. The quantitative estimate of drug-likeness (QED) is 0.772. The Morgan fingerprint density at radius 3 is 2.75 bits per heavy atom. The Kier molecular flexibility index (Phi) is 4.19. The molecule has 0 aliphatic carbocycles. The lowest BCUT2D eigenvalue weighted by Gasteiger charge is -2.01. The van der Waals surface area contributed by atoms with Crippen LogP contribution < -0.4 is 5.73 Å². The first kappa shape index (κ1) is 9.62. The van der Waals surface area contributed by atoms with Gasteiger partial charge >= 0.3 is 0 Å². The number of rotatable bonds is 4. The molecule has 0 saturated heterocycles. The molecule has 0 aliphatic heterocycles. The number of benzene rings is 1. The summed E-state index contributed by atoms with van der Waals surface area (Å²) in [7, 11) is 0. The zero-order chi connectivity index (χ0) is 8.81. The number of nitrogens with two attached hydrogens (primary N) is 1. The summed E-state index contributed by atoms with van der Waals surface area (Å²) in [5.74, 6) is 2.27. The Morgan fingerprint density at radius 1 is 1.33 bits per heavy atom. The Hall–Kier alpha value is -0.470. The standard InChI is InChI=1S/C10H15NS/c1-2-12-8-10-5-3-4-9(6-10)7-11/h3-6H,2,7-8,11H2,1H3. The summed E-state index contributed by atoms with van der Waals surface area (Å²) in [6.45, 7) is 2.82. The first-order valence-electron chi connectivity index (χ1n) is 4.22. The summed E-state index contributed by atoms with van der Waals surface area (Å²) in [4.78, 5) is 0. The highest BCUT2D eigenvalue weighted by Crippen LogP contribution is 2.12. The van der Waals surface area contributed by atoms with E-state index in [-0.39, 0.29) is 0 Å². The molecule has 0 atom stereocenters. The van der Waals surface area contributed by atoms with E-state index in [1.807, 2.05) is 11.8 Å². The molecule has 0 radical (unpaired) electrons. The summed E-state index contributed by atoms with van der Waals surface area (Å²) in [5.41, 5.74) is 8.15. The zero-order valence-electron chi connectivity index (χ0n) is 7.42. The minimum absolute atomic E-state index is 0.643. The number of hydrogen-bond acceptors (Lipinski definition) is 2. The van der Waals surface area contributed by atoms with E-state index in [0.29, 0.717) is 6.54 Å². The molecule has 0 saturated carbocycles. The zero-order valence-corrected chi connectivity index (χ0v) is 8.23. The van der Waals surface area contributed by atoms with Gasteiger partial charge in [0.05, 0.1) is 0 Å². The van der Waals surface area contributed by atoms with E-state index in [9.17, 15) is 0 Å². The monoisotopic (exact) mass is 181 g/mol. The molecule has 0 spiro atoms. The Labute approximate surface area is 78.4 Å². The second-order valence-corrected chi connectivity index (χ2v) is 3.94. The molecule has 0 unspecified atom stereocenters. The van der Waals surface area contributed by atoms with E-state index < -0.39 is 0 Å². The van der Waals surface area contributed by atoms with Gasteiger partial charge < -0.3 is 5.73 Å². The molecule has 0 amide bonds. The molecule has 1 aromatic rings. The van der Waals surface area contributed by atoms with Crippen molar-refractivity contribution in [3.05, 3.63) is 35.4 Å². The fourth-order valence-corrected chi connectivity index (χ4v) is 1.69. The largest absolute Gasteiger partial charge is 0.326 e. The molecule has 12 heavy (non-hydrogen) atoms. The van der Waals surface area contributed by atoms with Crippen LogP contribution in [0.3, 0.4) is 0 Å². The second-order valence-electron chi connectivity index (χ2n) is 2.66. The second kappa shape index (κ2) is 5.22. The lowest BCUT2D eigenvalue weighted by atomic mass is 10.1. The maximum Gasteiger partial charge on any atom is 0.0184 e. The van der Waals surface area contributed by atoms with Gasteiger partial charge in [-0.05, 0) is 16.9 Å². The molecule has 0 heterocycles. The fourth-order valence-electron chi connectivity index (χ4n) is 1.07. The topological polar surface area (TPSA) is 26.0 Å². The van der Waals surface area contributed by atoms with Crippen molar-refractivity contribution in [2.24, 2.45) is 5.73 Å². The molecule has 66 valence electrons. The van der Waals surface area contributed by atoms with Crippen LogP contribution in [0.1, 0.15) is 18.1 Å². The van der Waals surface area contributed by atoms with Crippen LogP contribution >= 0.6 is 11.8 Å².